The number of benzene rings is 2. The second-order valence-corrected chi connectivity index (χ2v) is 9.46. The maximum absolute atomic E-state index is 12.5. The number of hydrogen-bond acceptors (Lipinski definition) is 5. The first-order valence-corrected chi connectivity index (χ1v) is 12.0. The Morgan fingerprint density at radius 3 is 2.59 bits per heavy atom. The van der Waals surface area contributed by atoms with E-state index in [0.29, 0.717) is 21.6 Å². The Balaban J connectivity index is 1.61. The average Bonchev–Trinajstić information content (AvgIpc) is 3.13. The zero-order valence-electron chi connectivity index (χ0n) is 18.1. The molecule has 7 nitrogen and oxygen atoms in total. The van der Waals surface area contributed by atoms with Gasteiger partial charge < -0.3 is 15.2 Å². The van der Waals surface area contributed by atoms with Crippen molar-refractivity contribution in [3.8, 4) is 0 Å². The second kappa shape index (κ2) is 10.5. The lowest BCUT2D eigenvalue weighted by Crippen LogP contribution is -2.28. The Morgan fingerprint density at radius 1 is 1.16 bits per heavy atom. The van der Waals surface area contributed by atoms with E-state index in [9.17, 15) is 9.59 Å². The number of anilines is 1. The molecule has 32 heavy (non-hydrogen) atoms. The van der Waals surface area contributed by atoms with Crippen LogP contribution in [0.5, 0.6) is 0 Å². The largest absolute Gasteiger partial charge is 0.342 e. The number of aromatic nitrogens is 3. The van der Waals surface area contributed by atoms with Crippen LogP contribution < -0.4 is 10.6 Å². The van der Waals surface area contributed by atoms with Gasteiger partial charge in [-0.05, 0) is 56.2 Å². The third kappa shape index (κ3) is 5.51. The van der Waals surface area contributed by atoms with Gasteiger partial charge in [-0.25, -0.2) is 0 Å². The maximum atomic E-state index is 12.5. The molecular weight excluding hydrogens is 514 g/mol. The molecule has 1 heterocycles. The molecule has 2 amide bonds. The predicted molar refractivity (Wildman–Crippen MR) is 131 cm³/mol. The quantitative estimate of drug-likeness (QED) is 0.412. The fraction of sp³-hybridized carbons (Fsp3) is 0.273. The molecule has 1 atom stereocenters. The highest BCUT2D eigenvalue weighted by atomic mass is 79.9. The molecule has 0 saturated heterocycles. The van der Waals surface area contributed by atoms with E-state index in [1.165, 1.54) is 11.8 Å². The molecule has 1 aromatic heterocycles. The van der Waals surface area contributed by atoms with Crippen LogP contribution in [0, 0.1) is 13.8 Å². The molecule has 0 saturated carbocycles. The van der Waals surface area contributed by atoms with Crippen LogP contribution in [0.2, 0.25) is 5.02 Å². The van der Waals surface area contributed by atoms with Crippen molar-refractivity contribution in [3.05, 3.63) is 68.4 Å². The fourth-order valence-electron chi connectivity index (χ4n) is 3.05. The third-order valence-electron chi connectivity index (χ3n) is 5.05. The van der Waals surface area contributed by atoms with E-state index in [1.54, 1.807) is 35.9 Å². The topological polar surface area (TPSA) is 88.9 Å². The maximum Gasteiger partial charge on any atom is 0.253 e. The standard InChI is InChI=1S/C22H23BrClN5O2S/c1-12-13(2)18(10-9-16(12)23)26-19(30)11-32-22-28-27-20(29(22)4)14(3)25-21(31)15-7-5-6-8-17(15)24/h5-10,14H,11H2,1-4H3,(H,25,31)(H,26,30)/t14-/m0/s1. The number of hydrogen-bond donors (Lipinski definition) is 2. The average molecular weight is 537 g/mol. The highest BCUT2D eigenvalue weighted by Crippen LogP contribution is 2.26. The summed E-state index contributed by atoms with van der Waals surface area (Å²) in [5.74, 6) is 0.331. The van der Waals surface area contributed by atoms with Crippen molar-refractivity contribution in [2.45, 2.75) is 32.0 Å². The van der Waals surface area contributed by atoms with Crippen LogP contribution in [-0.2, 0) is 11.8 Å². The van der Waals surface area contributed by atoms with Crippen LogP contribution in [0.15, 0.2) is 46.0 Å². The lowest BCUT2D eigenvalue weighted by atomic mass is 10.1. The van der Waals surface area contributed by atoms with Gasteiger partial charge in [0.25, 0.3) is 5.91 Å². The third-order valence-corrected chi connectivity index (χ3v) is 7.26. The monoisotopic (exact) mass is 535 g/mol. The minimum Gasteiger partial charge on any atom is -0.342 e. The molecule has 0 spiro atoms. The Bertz CT molecular complexity index is 1170. The van der Waals surface area contributed by atoms with Gasteiger partial charge in [0.1, 0.15) is 0 Å². The number of halogens is 2. The zero-order valence-corrected chi connectivity index (χ0v) is 21.2. The van der Waals surface area contributed by atoms with E-state index >= 15 is 0 Å². The van der Waals surface area contributed by atoms with E-state index in [0.717, 1.165) is 21.3 Å². The Labute approximate surface area is 204 Å². The summed E-state index contributed by atoms with van der Waals surface area (Å²) in [4.78, 5) is 25.0. The summed E-state index contributed by atoms with van der Waals surface area (Å²) < 4.78 is 2.77. The van der Waals surface area contributed by atoms with Gasteiger partial charge >= 0.3 is 0 Å². The minimum atomic E-state index is -0.396. The van der Waals surface area contributed by atoms with Gasteiger partial charge in [-0.3, -0.25) is 9.59 Å². The van der Waals surface area contributed by atoms with Gasteiger partial charge in [-0.15, -0.1) is 10.2 Å². The normalized spacial score (nSPS) is 11.8. The van der Waals surface area contributed by atoms with Crippen molar-refractivity contribution in [2.24, 2.45) is 7.05 Å². The lowest BCUT2D eigenvalue weighted by Gasteiger charge is -2.14. The molecule has 0 radical (unpaired) electrons. The molecule has 2 N–H and O–H groups in total. The van der Waals surface area contributed by atoms with Gasteiger partial charge in [0.05, 0.1) is 22.4 Å². The Hall–Kier alpha value is -2.36. The molecule has 0 unspecified atom stereocenters. The zero-order chi connectivity index (χ0) is 23.4. The van der Waals surface area contributed by atoms with Crippen LogP contribution in [-0.4, -0.2) is 32.3 Å². The number of nitrogens with one attached hydrogen (secondary N) is 2. The molecule has 2 aromatic carbocycles. The van der Waals surface area contributed by atoms with Gasteiger partial charge in [0.15, 0.2) is 11.0 Å². The number of nitrogens with zero attached hydrogens (tertiary/aromatic N) is 3. The second-order valence-electron chi connectivity index (χ2n) is 7.26. The molecular formula is C22H23BrClN5O2S. The molecule has 0 aliphatic carbocycles. The first-order chi connectivity index (χ1) is 15.2. The van der Waals surface area contributed by atoms with E-state index in [2.05, 4.69) is 36.8 Å². The molecule has 10 heteroatoms. The molecule has 3 aromatic rings. The van der Waals surface area contributed by atoms with Gasteiger partial charge in [-0.1, -0.05) is 51.4 Å². The van der Waals surface area contributed by atoms with Crippen molar-refractivity contribution >= 4 is 56.8 Å². The summed E-state index contributed by atoms with van der Waals surface area (Å²) in [5, 5.41) is 15.1. The summed E-state index contributed by atoms with van der Waals surface area (Å²) in [6.07, 6.45) is 0. The number of thioether (sulfide) groups is 1. The molecule has 0 aliphatic heterocycles. The summed E-state index contributed by atoms with van der Waals surface area (Å²) in [5.41, 5.74) is 3.28. The Morgan fingerprint density at radius 2 is 1.88 bits per heavy atom. The first-order valence-electron chi connectivity index (χ1n) is 9.82. The summed E-state index contributed by atoms with van der Waals surface area (Å²) in [6.45, 7) is 5.78. The van der Waals surface area contributed by atoms with Crippen molar-refractivity contribution < 1.29 is 9.59 Å². The number of carbonyl (C=O) groups excluding carboxylic acids is 2. The molecule has 0 aliphatic rings. The van der Waals surface area contributed by atoms with Crippen LogP contribution >= 0.6 is 39.3 Å². The van der Waals surface area contributed by atoms with Crippen molar-refractivity contribution in [3.63, 3.8) is 0 Å². The van der Waals surface area contributed by atoms with Gasteiger partial charge in [-0.2, -0.15) is 0 Å². The first kappa shape index (κ1) is 24.3. The van der Waals surface area contributed by atoms with Crippen molar-refractivity contribution in [1.82, 2.24) is 20.1 Å². The highest BCUT2D eigenvalue weighted by molar-refractivity contribution is 9.10. The predicted octanol–water partition coefficient (Wildman–Crippen LogP) is 5.07. The SMILES string of the molecule is Cc1c(Br)ccc(NC(=O)CSc2nnc([C@H](C)NC(=O)c3ccccc3Cl)n2C)c1C. The van der Waals surface area contributed by atoms with E-state index < -0.39 is 6.04 Å². The van der Waals surface area contributed by atoms with E-state index in [1.807, 2.05) is 32.9 Å². The summed E-state index contributed by atoms with van der Waals surface area (Å²) >= 11 is 10.9. The molecule has 0 bridgehead atoms. The van der Waals surface area contributed by atoms with E-state index in [4.69, 9.17) is 11.6 Å². The fourth-order valence-corrected chi connectivity index (χ4v) is 4.42. The highest BCUT2D eigenvalue weighted by Gasteiger charge is 2.20. The van der Waals surface area contributed by atoms with Gasteiger partial charge in [0, 0.05) is 17.2 Å². The minimum absolute atomic E-state index is 0.135. The van der Waals surface area contributed by atoms with Crippen LogP contribution in [0.1, 0.15) is 40.3 Å². The Kier molecular flexibility index (Phi) is 7.97. The van der Waals surface area contributed by atoms with Crippen molar-refractivity contribution in [2.75, 3.05) is 11.1 Å². The number of rotatable bonds is 7. The van der Waals surface area contributed by atoms with Crippen LogP contribution in [0.3, 0.4) is 0 Å². The van der Waals surface area contributed by atoms with Gasteiger partial charge in [0.2, 0.25) is 5.91 Å². The summed E-state index contributed by atoms with van der Waals surface area (Å²) in [7, 11) is 1.80. The molecule has 168 valence electrons. The van der Waals surface area contributed by atoms with Crippen LogP contribution in [0.25, 0.3) is 0 Å². The number of carbonyl (C=O) groups is 2. The van der Waals surface area contributed by atoms with E-state index in [-0.39, 0.29) is 17.6 Å². The van der Waals surface area contributed by atoms with Crippen LogP contribution in [0.4, 0.5) is 5.69 Å². The molecule has 0 fully saturated rings. The van der Waals surface area contributed by atoms with Crippen molar-refractivity contribution in [1.29, 1.82) is 0 Å². The number of amides is 2. The smallest absolute Gasteiger partial charge is 0.253 e. The molecule has 3 rings (SSSR count). The lowest BCUT2D eigenvalue weighted by molar-refractivity contribution is -0.113. The summed E-state index contributed by atoms with van der Waals surface area (Å²) in [6, 6.07) is 10.2.